The topological polar surface area (TPSA) is 75.0 Å². The SMILES string of the molecule is CC#CC(CC(=O)OCC)c1ccc(OCc2cc(-c3c(C)cc(OC)cc3C)cn3ncnc23)cc1. The summed E-state index contributed by atoms with van der Waals surface area (Å²) in [6.07, 6.45) is 3.75. The van der Waals surface area contributed by atoms with E-state index in [9.17, 15) is 4.79 Å². The monoisotopic (exact) mass is 497 g/mol. The van der Waals surface area contributed by atoms with Gasteiger partial charge in [-0.15, -0.1) is 5.92 Å². The third kappa shape index (κ3) is 5.92. The van der Waals surface area contributed by atoms with Crippen LogP contribution in [0.4, 0.5) is 0 Å². The fourth-order valence-corrected chi connectivity index (χ4v) is 4.51. The number of pyridine rings is 1. The van der Waals surface area contributed by atoms with Crippen LogP contribution in [0.5, 0.6) is 11.5 Å². The van der Waals surface area contributed by atoms with Crippen molar-refractivity contribution in [2.75, 3.05) is 13.7 Å². The van der Waals surface area contributed by atoms with Gasteiger partial charge in [0.2, 0.25) is 0 Å². The lowest BCUT2D eigenvalue weighted by Crippen LogP contribution is -2.09. The number of aryl methyl sites for hydroxylation is 2. The Bertz CT molecular complexity index is 1440. The van der Waals surface area contributed by atoms with Crippen LogP contribution < -0.4 is 9.47 Å². The Morgan fingerprint density at radius 3 is 2.46 bits per heavy atom. The molecule has 0 aliphatic heterocycles. The molecule has 7 nitrogen and oxygen atoms in total. The summed E-state index contributed by atoms with van der Waals surface area (Å²) >= 11 is 0. The number of aromatic nitrogens is 3. The predicted molar refractivity (Wildman–Crippen MR) is 143 cm³/mol. The van der Waals surface area contributed by atoms with Crippen molar-refractivity contribution in [3.63, 3.8) is 0 Å². The second kappa shape index (κ2) is 11.6. The van der Waals surface area contributed by atoms with Gasteiger partial charge in [-0.3, -0.25) is 4.79 Å². The molecule has 1 unspecified atom stereocenters. The maximum absolute atomic E-state index is 12.0. The van der Waals surface area contributed by atoms with Crippen molar-refractivity contribution in [2.45, 2.75) is 46.6 Å². The predicted octanol–water partition coefficient (Wildman–Crippen LogP) is 5.66. The molecule has 37 heavy (non-hydrogen) atoms. The molecule has 0 radical (unpaired) electrons. The first-order chi connectivity index (χ1) is 17.9. The van der Waals surface area contributed by atoms with Crippen molar-refractivity contribution < 1.29 is 19.0 Å². The average molecular weight is 498 g/mol. The van der Waals surface area contributed by atoms with Gasteiger partial charge in [0.15, 0.2) is 5.65 Å². The minimum atomic E-state index is -0.255. The van der Waals surface area contributed by atoms with Crippen molar-refractivity contribution in [1.82, 2.24) is 14.6 Å². The molecule has 0 spiro atoms. The molecule has 2 heterocycles. The third-order valence-electron chi connectivity index (χ3n) is 6.15. The number of fused-ring (bicyclic) bond motifs is 1. The smallest absolute Gasteiger partial charge is 0.307 e. The molecule has 0 saturated heterocycles. The van der Waals surface area contributed by atoms with Crippen LogP contribution >= 0.6 is 0 Å². The van der Waals surface area contributed by atoms with E-state index in [0.717, 1.165) is 44.8 Å². The standard InChI is InChI=1S/C30H31N3O4/c1-6-8-23(16-28(34)36-7-2)22-9-11-26(12-10-22)37-18-25-15-24(17-33-30(25)31-19-32-33)29-20(3)13-27(35-5)14-21(29)4/h9-15,17,19,23H,7,16,18H2,1-5H3. The van der Waals surface area contributed by atoms with Gasteiger partial charge in [0, 0.05) is 17.3 Å². The van der Waals surface area contributed by atoms with E-state index < -0.39 is 0 Å². The van der Waals surface area contributed by atoms with Gasteiger partial charge in [0.1, 0.15) is 24.4 Å². The van der Waals surface area contributed by atoms with E-state index in [1.165, 1.54) is 0 Å². The number of carbonyl (C=O) groups excluding carboxylic acids is 1. The second-order valence-corrected chi connectivity index (χ2v) is 8.73. The summed E-state index contributed by atoms with van der Waals surface area (Å²) in [5.41, 5.74) is 7.01. The number of carbonyl (C=O) groups is 1. The van der Waals surface area contributed by atoms with Gasteiger partial charge >= 0.3 is 5.97 Å². The van der Waals surface area contributed by atoms with Crippen molar-refractivity contribution in [3.05, 3.63) is 77.2 Å². The molecule has 0 amide bonds. The van der Waals surface area contributed by atoms with Gasteiger partial charge < -0.3 is 14.2 Å². The number of rotatable bonds is 9. The van der Waals surface area contributed by atoms with Crippen LogP contribution in [0.1, 0.15) is 48.4 Å². The second-order valence-electron chi connectivity index (χ2n) is 8.73. The molecule has 0 N–H and O–H groups in total. The highest BCUT2D eigenvalue weighted by Crippen LogP contribution is 2.32. The van der Waals surface area contributed by atoms with Crippen LogP contribution in [0.15, 0.2) is 55.0 Å². The van der Waals surface area contributed by atoms with Crippen LogP contribution in [-0.2, 0) is 16.1 Å². The van der Waals surface area contributed by atoms with Crippen LogP contribution in [0, 0.1) is 25.7 Å². The van der Waals surface area contributed by atoms with Crippen LogP contribution in [0.25, 0.3) is 16.8 Å². The zero-order valence-corrected chi connectivity index (χ0v) is 21.9. The summed E-state index contributed by atoms with van der Waals surface area (Å²) in [6.45, 7) is 8.40. The van der Waals surface area contributed by atoms with E-state index in [1.54, 1.807) is 31.8 Å². The highest BCUT2D eigenvalue weighted by molar-refractivity contribution is 5.74. The van der Waals surface area contributed by atoms with E-state index in [0.29, 0.717) is 19.0 Å². The molecule has 1 atom stereocenters. The Morgan fingerprint density at radius 1 is 1.08 bits per heavy atom. The maximum Gasteiger partial charge on any atom is 0.307 e. The minimum Gasteiger partial charge on any atom is -0.497 e. The summed E-state index contributed by atoms with van der Waals surface area (Å²) in [5.74, 6) is 7.09. The van der Waals surface area contributed by atoms with Crippen molar-refractivity contribution in [3.8, 4) is 34.5 Å². The molecule has 4 aromatic rings. The summed E-state index contributed by atoms with van der Waals surface area (Å²) in [6, 6.07) is 13.8. The molecule has 0 bridgehead atoms. The van der Waals surface area contributed by atoms with E-state index in [-0.39, 0.29) is 18.3 Å². The van der Waals surface area contributed by atoms with Crippen LogP contribution in [0.2, 0.25) is 0 Å². The molecule has 2 aromatic carbocycles. The Kier molecular flexibility index (Phi) is 8.09. The Balaban J connectivity index is 1.56. The molecule has 0 saturated carbocycles. The molecule has 0 aliphatic rings. The maximum atomic E-state index is 12.0. The van der Waals surface area contributed by atoms with Crippen molar-refractivity contribution in [2.24, 2.45) is 0 Å². The van der Waals surface area contributed by atoms with E-state index in [1.807, 2.05) is 42.6 Å². The molecular formula is C30H31N3O4. The lowest BCUT2D eigenvalue weighted by Gasteiger charge is -2.15. The third-order valence-corrected chi connectivity index (χ3v) is 6.15. The largest absolute Gasteiger partial charge is 0.497 e. The fraction of sp³-hybridized carbons (Fsp3) is 0.300. The molecule has 4 rings (SSSR count). The summed E-state index contributed by atoms with van der Waals surface area (Å²) in [5, 5.41) is 4.37. The van der Waals surface area contributed by atoms with Gasteiger partial charge in [-0.2, -0.15) is 5.10 Å². The Hall–Kier alpha value is -4.31. The highest BCUT2D eigenvalue weighted by Gasteiger charge is 2.16. The van der Waals surface area contributed by atoms with E-state index in [4.69, 9.17) is 14.2 Å². The van der Waals surface area contributed by atoms with Crippen molar-refractivity contribution in [1.29, 1.82) is 0 Å². The van der Waals surface area contributed by atoms with Gasteiger partial charge in [-0.25, -0.2) is 9.50 Å². The van der Waals surface area contributed by atoms with E-state index >= 15 is 0 Å². The number of hydrogen-bond donors (Lipinski definition) is 0. The summed E-state index contributed by atoms with van der Waals surface area (Å²) < 4.78 is 18.4. The fourth-order valence-electron chi connectivity index (χ4n) is 4.51. The first-order valence-electron chi connectivity index (χ1n) is 12.2. The van der Waals surface area contributed by atoms with Crippen LogP contribution in [-0.4, -0.2) is 34.3 Å². The van der Waals surface area contributed by atoms with Gasteiger partial charge in [0.25, 0.3) is 0 Å². The molecule has 0 fully saturated rings. The zero-order valence-electron chi connectivity index (χ0n) is 21.9. The van der Waals surface area contributed by atoms with Gasteiger partial charge in [-0.05, 0) is 80.3 Å². The minimum absolute atomic E-state index is 0.219. The average Bonchev–Trinajstić information content (AvgIpc) is 3.36. The molecule has 190 valence electrons. The lowest BCUT2D eigenvalue weighted by molar-refractivity contribution is -0.143. The van der Waals surface area contributed by atoms with Crippen molar-refractivity contribution >= 4 is 11.6 Å². The first-order valence-corrected chi connectivity index (χ1v) is 12.2. The number of ether oxygens (including phenoxy) is 3. The number of hydrogen-bond acceptors (Lipinski definition) is 6. The van der Waals surface area contributed by atoms with Gasteiger partial charge in [-0.1, -0.05) is 18.1 Å². The molecular weight excluding hydrogens is 466 g/mol. The number of benzene rings is 2. The number of methoxy groups -OCH3 is 1. The Labute approximate surface area is 217 Å². The number of esters is 1. The number of nitrogens with zero attached hydrogens (tertiary/aromatic N) is 3. The first kappa shape index (κ1) is 25.8. The highest BCUT2D eigenvalue weighted by atomic mass is 16.5. The molecule has 7 heteroatoms. The quantitative estimate of drug-likeness (QED) is 0.219. The normalized spacial score (nSPS) is 11.5. The zero-order chi connectivity index (χ0) is 26.4. The molecule has 2 aromatic heterocycles. The van der Waals surface area contributed by atoms with Gasteiger partial charge in [0.05, 0.1) is 26.1 Å². The lowest BCUT2D eigenvalue weighted by atomic mass is 9.95. The summed E-state index contributed by atoms with van der Waals surface area (Å²) in [7, 11) is 1.68. The molecule has 0 aliphatic carbocycles. The summed E-state index contributed by atoms with van der Waals surface area (Å²) in [4.78, 5) is 16.4. The van der Waals surface area contributed by atoms with E-state index in [2.05, 4.69) is 41.8 Å². The Morgan fingerprint density at radius 2 is 1.81 bits per heavy atom. The van der Waals surface area contributed by atoms with Crippen LogP contribution in [0.3, 0.4) is 0 Å².